The van der Waals surface area contributed by atoms with E-state index in [4.69, 9.17) is 0 Å². The Kier molecular flexibility index (Phi) is 3.89. The number of nitrogens with one attached hydrogen (secondary N) is 2. The highest BCUT2D eigenvalue weighted by Gasteiger charge is 2.41. The van der Waals surface area contributed by atoms with Crippen LogP contribution in [0.15, 0.2) is 30.9 Å². The fourth-order valence-corrected chi connectivity index (χ4v) is 4.46. The smallest absolute Gasteiger partial charge is 0.142 e. The van der Waals surface area contributed by atoms with Crippen LogP contribution in [0.25, 0.3) is 11.0 Å². The summed E-state index contributed by atoms with van der Waals surface area (Å²) in [5.74, 6) is 1.47. The van der Waals surface area contributed by atoms with Gasteiger partial charge in [0, 0.05) is 32.0 Å². The van der Waals surface area contributed by atoms with Gasteiger partial charge in [-0.25, -0.2) is 9.97 Å². The van der Waals surface area contributed by atoms with Crippen LogP contribution in [-0.4, -0.2) is 48.8 Å². The second-order valence-electron chi connectivity index (χ2n) is 7.54. The van der Waals surface area contributed by atoms with Crippen molar-refractivity contribution in [3.05, 3.63) is 36.5 Å². The molecule has 3 aromatic heterocycles. The quantitative estimate of drug-likeness (QED) is 0.739. The molecule has 0 radical (unpaired) electrons. The molecule has 3 aromatic rings. The van der Waals surface area contributed by atoms with E-state index >= 15 is 0 Å². The van der Waals surface area contributed by atoms with Gasteiger partial charge in [0.05, 0.1) is 17.1 Å². The molecule has 136 valence electrons. The number of fused-ring (bicyclic) bond motifs is 1. The van der Waals surface area contributed by atoms with Crippen molar-refractivity contribution >= 4 is 16.9 Å². The lowest BCUT2D eigenvalue weighted by Crippen LogP contribution is -2.43. The predicted molar refractivity (Wildman–Crippen MR) is 101 cm³/mol. The Morgan fingerprint density at radius 2 is 2.15 bits per heavy atom. The number of nitrogens with zero attached hydrogens (tertiary/aromatic N) is 5. The van der Waals surface area contributed by atoms with Crippen molar-refractivity contribution in [3.63, 3.8) is 0 Å². The maximum atomic E-state index is 4.46. The molecule has 1 saturated heterocycles. The molecule has 1 aliphatic carbocycles. The summed E-state index contributed by atoms with van der Waals surface area (Å²) in [6.45, 7) is 2.11. The van der Waals surface area contributed by atoms with Crippen molar-refractivity contribution in [1.29, 1.82) is 0 Å². The van der Waals surface area contributed by atoms with Gasteiger partial charge in [0.15, 0.2) is 0 Å². The third kappa shape index (κ3) is 2.76. The maximum absolute atomic E-state index is 4.46. The van der Waals surface area contributed by atoms with Crippen LogP contribution < -0.4 is 5.32 Å². The van der Waals surface area contributed by atoms with E-state index in [1.54, 1.807) is 6.33 Å². The van der Waals surface area contributed by atoms with Crippen molar-refractivity contribution in [1.82, 2.24) is 29.6 Å². The molecule has 1 aliphatic heterocycles. The molecule has 0 amide bonds. The fraction of sp³-hybridized carbons (Fsp3) is 0.526. The van der Waals surface area contributed by atoms with Gasteiger partial charge in [-0.3, -0.25) is 9.58 Å². The zero-order chi connectivity index (χ0) is 17.5. The molecule has 2 N–H and O–H groups in total. The Morgan fingerprint density at radius 3 is 2.96 bits per heavy atom. The van der Waals surface area contributed by atoms with Gasteiger partial charge in [0.1, 0.15) is 17.8 Å². The lowest BCUT2D eigenvalue weighted by atomic mass is 9.86. The molecule has 5 rings (SSSR count). The molecule has 2 fully saturated rings. The Balaban J connectivity index is 1.40. The van der Waals surface area contributed by atoms with Crippen LogP contribution in [0.1, 0.15) is 37.4 Å². The SMILES string of the molecule is Cn1nccc1[C@H]1[C@H](CNc2ncnc3[nH]ccc23)CCCN1C1CC1. The van der Waals surface area contributed by atoms with E-state index in [1.807, 2.05) is 23.1 Å². The summed E-state index contributed by atoms with van der Waals surface area (Å²) in [5.41, 5.74) is 2.21. The van der Waals surface area contributed by atoms with Crippen LogP contribution in [0, 0.1) is 5.92 Å². The van der Waals surface area contributed by atoms with Gasteiger partial charge in [0.2, 0.25) is 0 Å². The minimum Gasteiger partial charge on any atom is -0.369 e. The average Bonchev–Trinajstić information content (AvgIpc) is 3.24. The van der Waals surface area contributed by atoms with Crippen LogP contribution in [0.3, 0.4) is 0 Å². The summed E-state index contributed by atoms with van der Waals surface area (Å²) in [5, 5.41) is 9.10. The standard InChI is InChI=1S/C19H25N7/c1-25-16(7-9-24-25)17-13(3-2-10-26(17)14-4-5-14)11-21-19-15-6-8-20-18(15)22-12-23-19/h6-9,12-14,17H,2-5,10-11H2,1H3,(H2,20,21,22,23)/t13-,17+/m0/s1. The summed E-state index contributed by atoms with van der Waals surface area (Å²) in [7, 11) is 2.06. The molecule has 2 aliphatic rings. The Bertz CT molecular complexity index is 894. The van der Waals surface area contributed by atoms with Gasteiger partial charge in [-0.15, -0.1) is 0 Å². The lowest BCUT2D eigenvalue weighted by molar-refractivity contribution is 0.0841. The molecular formula is C19H25N7. The average molecular weight is 351 g/mol. The topological polar surface area (TPSA) is 74.7 Å². The number of aromatic nitrogens is 5. The first-order valence-electron chi connectivity index (χ1n) is 9.57. The van der Waals surface area contributed by atoms with E-state index in [2.05, 4.69) is 43.4 Å². The maximum Gasteiger partial charge on any atom is 0.142 e. The fourth-order valence-electron chi connectivity index (χ4n) is 4.46. The molecular weight excluding hydrogens is 326 g/mol. The minimum absolute atomic E-state index is 0.430. The predicted octanol–water partition coefficient (Wildman–Crippen LogP) is 2.72. The van der Waals surface area contributed by atoms with Crippen molar-refractivity contribution in [2.75, 3.05) is 18.4 Å². The van der Waals surface area contributed by atoms with Gasteiger partial charge in [-0.2, -0.15) is 5.10 Å². The van der Waals surface area contributed by atoms with E-state index in [-0.39, 0.29) is 0 Å². The molecule has 0 spiro atoms. The first-order chi connectivity index (χ1) is 12.8. The zero-order valence-corrected chi connectivity index (χ0v) is 15.1. The number of H-pyrrole nitrogens is 1. The summed E-state index contributed by atoms with van der Waals surface area (Å²) in [6, 6.07) is 5.41. The summed E-state index contributed by atoms with van der Waals surface area (Å²) in [4.78, 5) is 14.6. The van der Waals surface area contributed by atoms with E-state index in [0.717, 1.165) is 29.4 Å². The van der Waals surface area contributed by atoms with Crippen LogP contribution in [-0.2, 0) is 7.05 Å². The van der Waals surface area contributed by atoms with Crippen molar-refractivity contribution in [2.45, 2.75) is 37.8 Å². The molecule has 7 heteroatoms. The molecule has 26 heavy (non-hydrogen) atoms. The third-order valence-electron chi connectivity index (χ3n) is 5.86. The monoisotopic (exact) mass is 351 g/mol. The Hall–Kier alpha value is -2.41. The molecule has 7 nitrogen and oxygen atoms in total. The van der Waals surface area contributed by atoms with Crippen LogP contribution in [0.4, 0.5) is 5.82 Å². The Labute approximate surface area is 152 Å². The zero-order valence-electron chi connectivity index (χ0n) is 15.1. The van der Waals surface area contributed by atoms with Gasteiger partial charge in [-0.1, -0.05) is 0 Å². The number of aryl methyl sites for hydroxylation is 1. The van der Waals surface area contributed by atoms with E-state index in [9.17, 15) is 0 Å². The minimum atomic E-state index is 0.430. The molecule has 4 heterocycles. The summed E-state index contributed by atoms with van der Waals surface area (Å²) >= 11 is 0. The second kappa shape index (κ2) is 6.39. The largest absolute Gasteiger partial charge is 0.369 e. The second-order valence-corrected chi connectivity index (χ2v) is 7.54. The van der Waals surface area contributed by atoms with Crippen molar-refractivity contribution in [2.24, 2.45) is 13.0 Å². The molecule has 2 atom stereocenters. The van der Waals surface area contributed by atoms with Gasteiger partial charge >= 0.3 is 0 Å². The van der Waals surface area contributed by atoms with Crippen LogP contribution >= 0.6 is 0 Å². The van der Waals surface area contributed by atoms with Gasteiger partial charge in [0.25, 0.3) is 0 Å². The third-order valence-corrected chi connectivity index (χ3v) is 5.86. The van der Waals surface area contributed by atoms with Crippen LogP contribution in [0.5, 0.6) is 0 Å². The van der Waals surface area contributed by atoms with Crippen molar-refractivity contribution < 1.29 is 0 Å². The number of anilines is 1. The highest BCUT2D eigenvalue weighted by molar-refractivity contribution is 5.86. The van der Waals surface area contributed by atoms with Gasteiger partial charge in [-0.05, 0) is 50.3 Å². The molecule has 0 aromatic carbocycles. The van der Waals surface area contributed by atoms with Crippen LogP contribution in [0.2, 0.25) is 0 Å². The highest BCUT2D eigenvalue weighted by Crippen LogP contribution is 2.42. The van der Waals surface area contributed by atoms with Crippen molar-refractivity contribution in [3.8, 4) is 0 Å². The normalized spacial score (nSPS) is 24.2. The number of rotatable bonds is 5. The number of hydrogen-bond acceptors (Lipinski definition) is 5. The number of likely N-dealkylation sites (tertiary alicyclic amines) is 1. The van der Waals surface area contributed by atoms with E-state index in [0.29, 0.717) is 12.0 Å². The number of piperidine rings is 1. The van der Waals surface area contributed by atoms with E-state index in [1.165, 1.54) is 37.9 Å². The first kappa shape index (κ1) is 15.8. The number of aromatic amines is 1. The summed E-state index contributed by atoms with van der Waals surface area (Å²) < 4.78 is 2.05. The summed E-state index contributed by atoms with van der Waals surface area (Å²) in [6.07, 6.45) is 10.6. The molecule has 1 saturated carbocycles. The highest BCUT2D eigenvalue weighted by atomic mass is 15.3. The van der Waals surface area contributed by atoms with E-state index < -0.39 is 0 Å². The number of hydrogen-bond donors (Lipinski definition) is 2. The van der Waals surface area contributed by atoms with Gasteiger partial charge < -0.3 is 10.3 Å². The molecule has 0 bridgehead atoms. The molecule has 0 unspecified atom stereocenters. The Morgan fingerprint density at radius 1 is 1.23 bits per heavy atom. The first-order valence-corrected chi connectivity index (χ1v) is 9.57. The lowest BCUT2D eigenvalue weighted by Gasteiger charge is -2.41.